The summed E-state index contributed by atoms with van der Waals surface area (Å²) < 4.78 is 12.8. The lowest BCUT2D eigenvalue weighted by Gasteiger charge is -2.38. The standard InChI is InChI=1S/C27H43FN6O5/c28-14-6-4-10-21(32-23(35)20(30)18-19-8-2-1-3-9-19)24(36)33-22(11-5-7-15-29)25(37)34-16-12-27(31,13-17-34)26(38)39/h1-3,8-9,20-22H,4-7,10-18,29-31H2,(H,32,35)(H,33,36)(H,38,39)/t20-,21?,22-/m1/s1. The van der Waals surface area contributed by atoms with E-state index in [1.165, 1.54) is 4.90 Å². The van der Waals surface area contributed by atoms with Crippen LogP contribution < -0.4 is 27.8 Å². The van der Waals surface area contributed by atoms with Crippen molar-refractivity contribution in [1.82, 2.24) is 15.5 Å². The molecule has 0 aliphatic carbocycles. The van der Waals surface area contributed by atoms with Crippen LogP contribution in [-0.2, 0) is 25.6 Å². The highest BCUT2D eigenvalue weighted by molar-refractivity contribution is 5.93. The topological polar surface area (TPSA) is 194 Å². The first kappa shape index (κ1) is 32.1. The molecule has 3 amide bonds. The van der Waals surface area contributed by atoms with Gasteiger partial charge in [0.25, 0.3) is 0 Å². The number of halogens is 1. The number of likely N-dealkylation sites (tertiary alicyclic amines) is 1. The summed E-state index contributed by atoms with van der Waals surface area (Å²) in [4.78, 5) is 52.5. The number of carboxylic acids is 1. The van der Waals surface area contributed by atoms with E-state index in [9.17, 15) is 28.7 Å². The van der Waals surface area contributed by atoms with Crippen LogP contribution in [0.3, 0.4) is 0 Å². The molecule has 0 radical (unpaired) electrons. The zero-order valence-corrected chi connectivity index (χ0v) is 22.4. The van der Waals surface area contributed by atoms with Crippen molar-refractivity contribution in [2.75, 3.05) is 26.3 Å². The van der Waals surface area contributed by atoms with Gasteiger partial charge in [0.05, 0.1) is 12.7 Å². The number of nitrogens with two attached hydrogens (primary N) is 3. The lowest BCUT2D eigenvalue weighted by molar-refractivity contribution is -0.148. The van der Waals surface area contributed by atoms with Crippen LogP contribution in [0.25, 0.3) is 0 Å². The van der Waals surface area contributed by atoms with E-state index in [1.54, 1.807) is 0 Å². The van der Waals surface area contributed by atoms with Crippen molar-refractivity contribution in [3.05, 3.63) is 35.9 Å². The van der Waals surface area contributed by atoms with Gasteiger partial charge in [0.2, 0.25) is 17.7 Å². The molecule has 1 aliphatic heterocycles. The molecule has 0 bridgehead atoms. The molecule has 0 saturated carbocycles. The van der Waals surface area contributed by atoms with Crippen LogP contribution in [0.4, 0.5) is 4.39 Å². The van der Waals surface area contributed by atoms with E-state index in [2.05, 4.69) is 10.6 Å². The van der Waals surface area contributed by atoms with Crippen LogP contribution in [0.5, 0.6) is 0 Å². The van der Waals surface area contributed by atoms with E-state index >= 15 is 0 Å². The van der Waals surface area contributed by atoms with Crippen molar-refractivity contribution in [2.45, 2.75) is 81.5 Å². The fourth-order valence-electron chi connectivity index (χ4n) is 4.53. The summed E-state index contributed by atoms with van der Waals surface area (Å²) in [6.45, 7) is 0.170. The Balaban J connectivity index is 2.09. The number of piperidine rings is 1. The van der Waals surface area contributed by atoms with Crippen molar-refractivity contribution in [1.29, 1.82) is 0 Å². The lowest BCUT2D eigenvalue weighted by atomic mass is 9.88. The third kappa shape index (κ3) is 10.2. The number of carbonyl (C=O) groups is 4. The van der Waals surface area contributed by atoms with Gasteiger partial charge in [-0.25, -0.2) is 0 Å². The Morgan fingerprint density at radius 1 is 0.949 bits per heavy atom. The molecule has 1 fully saturated rings. The zero-order chi connectivity index (χ0) is 28.8. The quantitative estimate of drug-likeness (QED) is 0.157. The lowest BCUT2D eigenvalue weighted by Crippen LogP contribution is -2.60. The van der Waals surface area contributed by atoms with Crippen molar-refractivity contribution in [2.24, 2.45) is 17.2 Å². The molecule has 1 saturated heterocycles. The molecule has 39 heavy (non-hydrogen) atoms. The van der Waals surface area contributed by atoms with E-state index in [1.807, 2.05) is 30.3 Å². The minimum Gasteiger partial charge on any atom is -0.480 e. The third-order valence-corrected chi connectivity index (χ3v) is 7.10. The molecule has 0 aromatic heterocycles. The second kappa shape index (κ2) is 16.1. The molecule has 1 unspecified atom stereocenters. The van der Waals surface area contributed by atoms with Gasteiger partial charge in [-0.1, -0.05) is 30.3 Å². The number of nitrogens with zero attached hydrogens (tertiary/aromatic N) is 1. The molecule has 218 valence electrons. The molecule has 9 N–H and O–H groups in total. The first-order valence-corrected chi connectivity index (χ1v) is 13.6. The molecule has 1 aromatic carbocycles. The van der Waals surface area contributed by atoms with Gasteiger partial charge < -0.3 is 37.8 Å². The van der Waals surface area contributed by atoms with Crippen LogP contribution in [-0.4, -0.2) is 83.7 Å². The highest BCUT2D eigenvalue weighted by Gasteiger charge is 2.40. The van der Waals surface area contributed by atoms with Crippen LogP contribution in [0.15, 0.2) is 30.3 Å². The van der Waals surface area contributed by atoms with Crippen molar-refractivity contribution >= 4 is 23.7 Å². The molecule has 1 aromatic rings. The maximum atomic E-state index is 13.4. The summed E-state index contributed by atoms with van der Waals surface area (Å²) >= 11 is 0. The number of amides is 3. The first-order valence-electron chi connectivity index (χ1n) is 13.6. The average Bonchev–Trinajstić information content (AvgIpc) is 2.92. The fraction of sp³-hybridized carbons (Fsp3) is 0.630. The number of rotatable bonds is 16. The molecule has 1 heterocycles. The first-order chi connectivity index (χ1) is 18.6. The number of aliphatic carboxylic acids is 1. The molecule has 2 rings (SSSR count). The third-order valence-electron chi connectivity index (χ3n) is 7.10. The monoisotopic (exact) mass is 550 g/mol. The Bertz CT molecular complexity index is 942. The van der Waals surface area contributed by atoms with Gasteiger partial charge in [-0.3, -0.25) is 23.6 Å². The van der Waals surface area contributed by atoms with Crippen LogP contribution in [0, 0.1) is 0 Å². The van der Waals surface area contributed by atoms with Crippen LogP contribution in [0.1, 0.15) is 56.9 Å². The van der Waals surface area contributed by atoms with E-state index in [0.29, 0.717) is 32.2 Å². The Hall–Kier alpha value is -3.09. The summed E-state index contributed by atoms with van der Waals surface area (Å²) in [7, 11) is 0. The largest absolute Gasteiger partial charge is 0.480 e. The summed E-state index contributed by atoms with van der Waals surface area (Å²) in [5.74, 6) is -2.53. The van der Waals surface area contributed by atoms with E-state index in [0.717, 1.165) is 5.56 Å². The minimum absolute atomic E-state index is 0.0960. The highest BCUT2D eigenvalue weighted by atomic mass is 19.1. The summed E-state index contributed by atoms with van der Waals surface area (Å²) in [6, 6.07) is 6.44. The number of alkyl halides is 1. The molecule has 0 spiro atoms. The number of hydrogen-bond acceptors (Lipinski definition) is 7. The maximum absolute atomic E-state index is 13.4. The minimum atomic E-state index is -1.39. The smallest absolute Gasteiger partial charge is 0.323 e. The Kier molecular flexibility index (Phi) is 13.3. The Labute approximate surface area is 229 Å². The molecular formula is C27H43FN6O5. The zero-order valence-electron chi connectivity index (χ0n) is 22.4. The Morgan fingerprint density at radius 2 is 1.54 bits per heavy atom. The van der Waals surface area contributed by atoms with Gasteiger partial charge in [-0.05, 0) is 69.9 Å². The Morgan fingerprint density at radius 3 is 2.13 bits per heavy atom. The predicted molar refractivity (Wildman–Crippen MR) is 145 cm³/mol. The van der Waals surface area contributed by atoms with Crippen molar-refractivity contribution in [3.63, 3.8) is 0 Å². The number of carboxylic acid groups (broad SMARTS) is 1. The van der Waals surface area contributed by atoms with Crippen LogP contribution >= 0.6 is 0 Å². The normalized spacial score (nSPS) is 17.1. The molecular weight excluding hydrogens is 507 g/mol. The summed E-state index contributed by atoms with van der Waals surface area (Å²) in [5, 5.41) is 14.8. The van der Waals surface area contributed by atoms with Crippen molar-refractivity contribution in [3.8, 4) is 0 Å². The number of hydrogen-bond donors (Lipinski definition) is 6. The van der Waals surface area contributed by atoms with Gasteiger partial charge in [-0.2, -0.15) is 0 Å². The number of benzene rings is 1. The van der Waals surface area contributed by atoms with Crippen LogP contribution in [0.2, 0.25) is 0 Å². The van der Waals surface area contributed by atoms with Gasteiger partial charge in [0.1, 0.15) is 17.6 Å². The second-order valence-electron chi connectivity index (χ2n) is 10.2. The summed E-state index contributed by atoms with van der Waals surface area (Å²) in [5.41, 5.74) is 17.1. The molecule has 12 heteroatoms. The fourth-order valence-corrected chi connectivity index (χ4v) is 4.53. The van der Waals surface area contributed by atoms with E-state index in [4.69, 9.17) is 17.2 Å². The maximum Gasteiger partial charge on any atom is 0.323 e. The number of carbonyl (C=O) groups excluding carboxylic acids is 3. The highest BCUT2D eigenvalue weighted by Crippen LogP contribution is 2.21. The predicted octanol–water partition coefficient (Wildman–Crippen LogP) is 0.199. The van der Waals surface area contributed by atoms with E-state index < -0.39 is 48.1 Å². The molecule has 1 aliphatic rings. The van der Waals surface area contributed by atoms with Gasteiger partial charge in [0, 0.05) is 13.1 Å². The van der Waals surface area contributed by atoms with Gasteiger partial charge in [0.15, 0.2) is 0 Å². The average molecular weight is 551 g/mol. The van der Waals surface area contributed by atoms with E-state index in [-0.39, 0.29) is 51.1 Å². The molecule has 11 nitrogen and oxygen atoms in total. The van der Waals surface area contributed by atoms with Crippen molar-refractivity contribution < 1.29 is 28.7 Å². The SMILES string of the molecule is NCCCC[C@@H](NC(=O)C(CCCCF)NC(=O)[C@H](N)Cc1ccccc1)C(=O)N1CCC(N)(C(=O)O)CC1. The summed E-state index contributed by atoms with van der Waals surface area (Å²) in [6.07, 6.45) is 2.79. The number of unbranched alkanes of at least 4 members (excludes halogenated alkanes) is 2. The van der Waals surface area contributed by atoms with Gasteiger partial charge >= 0.3 is 5.97 Å². The number of nitrogens with one attached hydrogen (secondary N) is 2. The van der Waals surface area contributed by atoms with Gasteiger partial charge in [-0.15, -0.1) is 0 Å². The second-order valence-corrected chi connectivity index (χ2v) is 10.2. The molecule has 3 atom stereocenters.